The minimum absolute atomic E-state index is 0.0454. The van der Waals surface area contributed by atoms with Gasteiger partial charge in [0.15, 0.2) is 5.82 Å². The van der Waals surface area contributed by atoms with Gasteiger partial charge in [-0.05, 0) is 41.5 Å². The Bertz CT molecular complexity index is 573. The quantitative estimate of drug-likeness (QED) is 0.801. The Morgan fingerprint density at radius 2 is 1.46 bits per heavy atom. The molecule has 0 spiro atoms. The lowest BCUT2D eigenvalue weighted by molar-refractivity contribution is 0.0429. The number of hydrogen-bond acceptors (Lipinski definition) is 6. The Balaban J connectivity index is 3.25. The second kappa shape index (κ2) is 7.15. The van der Waals surface area contributed by atoms with E-state index in [1.54, 1.807) is 41.5 Å². The second-order valence-electron chi connectivity index (χ2n) is 7.72. The summed E-state index contributed by atoms with van der Waals surface area (Å²) in [5.74, 6) is 0.686. The van der Waals surface area contributed by atoms with Crippen LogP contribution in [0.15, 0.2) is 12.3 Å². The molecule has 0 radical (unpaired) electrons. The van der Waals surface area contributed by atoms with Gasteiger partial charge in [0.25, 0.3) is 0 Å². The molecule has 7 heteroatoms. The Morgan fingerprint density at radius 3 is 1.83 bits per heavy atom. The highest BCUT2D eigenvalue weighted by atomic mass is 16.6. The van der Waals surface area contributed by atoms with E-state index in [4.69, 9.17) is 9.47 Å². The molecular weight excluding hydrogens is 310 g/mol. The minimum Gasteiger partial charge on any atom is -0.443 e. The molecule has 0 unspecified atom stereocenters. The van der Waals surface area contributed by atoms with Crippen molar-refractivity contribution in [2.75, 3.05) is 4.90 Å². The molecule has 1 aromatic rings. The van der Waals surface area contributed by atoms with Crippen LogP contribution in [0, 0.1) is 0 Å². The van der Waals surface area contributed by atoms with Gasteiger partial charge in [-0.2, -0.15) is 4.90 Å². The van der Waals surface area contributed by atoms with E-state index in [1.165, 1.54) is 12.3 Å². The molecule has 2 amide bonds. The van der Waals surface area contributed by atoms with E-state index in [0.29, 0.717) is 5.82 Å². The second-order valence-corrected chi connectivity index (χ2v) is 7.72. The maximum absolute atomic E-state index is 12.5. The number of nitrogens with zero attached hydrogens (tertiary/aromatic N) is 3. The average molecular weight is 337 g/mol. The predicted octanol–water partition coefficient (Wildman–Crippen LogP) is 4.28. The first-order valence-electron chi connectivity index (χ1n) is 7.89. The maximum atomic E-state index is 12.5. The summed E-state index contributed by atoms with van der Waals surface area (Å²) in [7, 11) is 0. The zero-order valence-electron chi connectivity index (χ0n) is 15.7. The number of rotatable bonds is 2. The van der Waals surface area contributed by atoms with Gasteiger partial charge < -0.3 is 9.47 Å². The van der Waals surface area contributed by atoms with Gasteiger partial charge in [0, 0.05) is 18.2 Å². The fraction of sp³-hybridized carbons (Fsp3) is 0.647. The van der Waals surface area contributed by atoms with Crippen LogP contribution in [0.1, 0.15) is 67.1 Å². The molecular formula is C17H27N3O4. The van der Waals surface area contributed by atoms with Crippen molar-refractivity contribution in [2.45, 2.75) is 72.5 Å². The lowest BCUT2D eigenvalue weighted by Gasteiger charge is -2.28. The molecule has 1 heterocycles. The van der Waals surface area contributed by atoms with E-state index >= 15 is 0 Å². The van der Waals surface area contributed by atoms with Gasteiger partial charge in [-0.3, -0.25) is 0 Å². The zero-order chi connectivity index (χ0) is 18.7. The number of carbonyl (C=O) groups is 2. The molecule has 0 bridgehead atoms. The third kappa shape index (κ3) is 6.14. The van der Waals surface area contributed by atoms with Gasteiger partial charge in [-0.1, -0.05) is 13.8 Å². The fourth-order valence-corrected chi connectivity index (χ4v) is 1.64. The van der Waals surface area contributed by atoms with Gasteiger partial charge in [0.1, 0.15) is 17.0 Å². The lowest BCUT2D eigenvalue weighted by atomic mass is 10.2. The first-order chi connectivity index (χ1) is 10.8. The summed E-state index contributed by atoms with van der Waals surface area (Å²) >= 11 is 0. The molecule has 0 aliphatic heterocycles. The van der Waals surface area contributed by atoms with Crippen LogP contribution in [0.2, 0.25) is 0 Å². The highest BCUT2D eigenvalue weighted by Crippen LogP contribution is 2.21. The number of hydrogen-bond donors (Lipinski definition) is 0. The summed E-state index contributed by atoms with van der Waals surface area (Å²) in [4.78, 5) is 34.3. The molecule has 0 aliphatic rings. The lowest BCUT2D eigenvalue weighted by Crippen LogP contribution is -2.44. The number of carbonyl (C=O) groups excluding carboxylic acids is 2. The molecule has 24 heavy (non-hydrogen) atoms. The van der Waals surface area contributed by atoms with E-state index < -0.39 is 23.4 Å². The third-order valence-corrected chi connectivity index (χ3v) is 2.56. The number of amides is 2. The Morgan fingerprint density at radius 1 is 1.00 bits per heavy atom. The molecule has 1 rings (SSSR count). The maximum Gasteiger partial charge on any atom is 0.425 e. The van der Waals surface area contributed by atoms with Crippen LogP contribution in [-0.4, -0.2) is 33.4 Å². The zero-order valence-corrected chi connectivity index (χ0v) is 15.7. The Labute approximate surface area is 143 Å². The summed E-state index contributed by atoms with van der Waals surface area (Å²) in [5, 5.41) is 0. The first-order valence-corrected chi connectivity index (χ1v) is 7.89. The molecule has 0 saturated heterocycles. The first kappa shape index (κ1) is 19.9. The van der Waals surface area contributed by atoms with Crippen molar-refractivity contribution < 1.29 is 19.1 Å². The van der Waals surface area contributed by atoms with Crippen molar-refractivity contribution in [3.05, 3.63) is 18.1 Å². The predicted molar refractivity (Wildman–Crippen MR) is 91.1 cm³/mol. The molecule has 0 aliphatic carbocycles. The van der Waals surface area contributed by atoms with E-state index in [0.717, 1.165) is 4.90 Å². The van der Waals surface area contributed by atoms with Gasteiger partial charge in [-0.25, -0.2) is 19.6 Å². The van der Waals surface area contributed by atoms with Crippen molar-refractivity contribution in [1.82, 2.24) is 9.97 Å². The third-order valence-electron chi connectivity index (χ3n) is 2.56. The molecule has 134 valence electrons. The Hall–Kier alpha value is -2.18. The van der Waals surface area contributed by atoms with Crippen LogP contribution in [0.4, 0.5) is 15.4 Å². The summed E-state index contributed by atoms with van der Waals surface area (Å²) < 4.78 is 10.6. The van der Waals surface area contributed by atoms with Gasteiger partial charge in [-0.15, -0.1) is 0 Å². The number of ether oxygens (including phenoxy) is 2. The highest BCUT2D eigenvalue weighted by Gasteiger charge is 2.33. The van der Waals surface area contributed by atoms with Gasteiger partial charge in [0.2, 0.25) is 0 Å². The molecule has 0 atom stereocenters. The molecule has 1 aromatic heterocycles. The monoisotopic (exact) mass is 337 g/mol. The summed E-state index contributed by atoms with van der Waals surface area (Å²) in [6, 6.07) is 1.47. The van der Waals surface area contributed by atoms with E-state index in [2.05, 4.69) is 9.97 Å². The average Bonchev–Trinajstić information content (AvgIpc) is 2.34. The molecule has 0 N–H and O–H groups in total. The smallest absolute Gasteiger partial charge is 0.425 e. The highest BCUT2D eigenvalue weighted by molar-refractivity contribution is 6.08. The van der Waals surface area contributed by atoms with Gasteiger partial charge >= 0.3 is 12.2 Å². The van der Waals surface area contributed by atoms with Crippen molar-refractivity contribution in [2.24, 2.45) is 0 Å². The van der Waals surface area contributed by atoms with Crippen molar-refractivity contribution >= 4 is 18.0 Å². The van der Waals surface area contributed by atoms with Crippen LogP contribution in [-0.2, 0) is 9.47 Å². The van der Waals surface area contributed by atoms with E-state index in [1.807, 2.05) is 13.8 Å². The summed E-state index contributed by atoms with van der Waals surface area (Å²) in [6.45, 7) is 14.2. The normalized spacial score (nSPS) is 12.0. The van der Waals surface area contributed by atoms with Crippen molar-refractivity contribution in [3.8, 4) is 0 Å². The Kier molecular flexibility index (Phi) is 5.92. The van der Waals surface area contributed by atoms with Crippen LogP contribution in [0.3, 0.4) is 0 Å². The minimum atomic E-state index is -0.842. The SMILES string of the molecule is CC(C)c1nccc(N(C(=O)OC(C)(C)C)C(=O)OC(C)(C)C)n1. The molecule has 0 aromatic carbocycles. The van der Waals surface area contributed by atoms with Crippen molar-refractivity contribution in [1.29, 1.82) is 0 Å². The van der Waals surface area contributed by atoms with Crippen LogP contribution >= 0.6 is 0 Å². The van der Waals surface area contributed by atoms with Crippen molar-refractivity contribution in [3.63, 3.8) is 0 Å². The number of aromatic nitrogens is 2. The summed E-state index contributed by atoms with van der Waals surface area (Å²) in [6.07, 6.45) is -0.185. The number of anilines is 1. The van der Waals surface area contributed by atoms with E-state index in [-0.39, 0.29) is 11.7 Å². The van der Waals surface area contributed by atoms with Crippen LogP contribution < -0.4 is 4.90 Å². The molecule has 0 saturated carbocycles. The fourth-order valence-electron chi connectivity index (χ4n) is 1.64. The van der Waals surface area contributed by atoms with Crippen LogP contribution in [0.5, 0.6) is 0 Å². The standard InChI is InChI=1S/C17H27N3O4/c1-11(2)13-18-10-9-12(19-13)20(14(21)23-16(3,4)5)15(22)24-17(6,7)8/h9-11H,1-8H3. The van der Waals surface area contributed by atoms with Crippen LogP contribution in [0.25, 0.3) is 0 Å². The largest absolute Gasteiger partial charge is 0.443 e. The summed E-state index contributed by atoms with van der Waals surface area (Å²) in [5.41, 5.74) is -1.52. The molecule has 7 nitrogen and oxygen atoms in total. The molecule has 0 fully saturated rings. The topological polar surface area (TPSA) is 81.6 Å². The van der Waals surface area contributed by atoms with E-state index in [9.17, 15) is 9.59 Å². The van der Waals surface area contributed by atoms with Gasteiger partial charge in [0.05, 0.1) is 0 Å². The number of imide groups is 1.